The molecule has 2 aliphatic rings. The van der Waals surface area contributed by atoms with Crippen LogP contribution >= 0.6 is 0 Å². The van der Waals surface area contributed by atoms with E-state index in [1.807, 2.05) is 78.6 Å². The molecule has 0 bridgehead atoms. The van der Waals surface area contributed by atoms with Crippen LogP contribution in [0.2, 0.25) is 0 Å². The molecule has 1 aromatic heterocycles. The molecule has 6 rings (SSSR count). The Morgan fingerprint density at radius 2 is 1.71 bits per heavy atom. The van der Waals surface area contributed by atoms with Crippen LogP contribution in [-0.4, -0.2) is 53.7 Å². The maximum absolute atomic E-state index is 14.3. The summed E-state index contributed by atoms with van der Waals surface area (Å²) in [5.74, 6) is 0.796. The number of hydrogen-bond acceptors (Lipinski definition) is 5. The van der Waals surface area contributed by atoms with Crippen LogP contribution in [0.5, 0.6) is 5.75 Å². The van der Waals surface area contributed by atoms with E-state index in [1.54, 1.807) is 4.68 Å². The molecule has 1 saturated heterocycles. The summed E-state index contributed by atoms with van der Waals surface area (Å²) in [6.07, 6.45) is 2.08. The van der Waals surface area contributed by atoms with E-state index in [1.165, 1.54) is 0 Å². The maximum atomic E-state index is 14.3. The second kappa shape index (κ2) is 11.2. The Bertz CT molecular complexity index is 1650. The highest BCUT2D eigenvalue weighted by Crippen LogP contribution is 2.45. The molecule has 3 aromatic carbocycles. The first-order valence-electron chi connectivity index (χ1n) is 14.3. The normalized spacial score (nSPS) is 19.5. The van der Waals surface area contributed by atoms with E-state index in [4.69, 9.17) is 9.84 Å². The SMILES string of the molecule is CCCOc1ccc([C@H]2c3c(-c4ccc(C)cc4)nn([C@@H]4CCS(=O)(=O)C4)c3C(=O)N2CCc2ccccc2)cc1. The molecule has 3 heterocycles. The van der Waals surface area contributed by atoms with Crippen molar-refractivity contribution in [2.24, 2.45) is 0 Å². The van der Waals surface area contributed by atoms with Crippen molar-refractivity contribution in [3.8, 4) is 17.0 Å². The minimum absolute atomic E-state index is 0.000115. The number of benzene rings is 3. The summed E-state index contributed by atoms with van der Waals surface area (Å²) < 4.78 is 32.5. The molecule has 8 heteroatoms. The fraction of sp³-hybridized carbons (Fsp3) is 0.333. The van der Waals surface area contributed by atoms with Gasteiger partial charge in [0.1, 0.15) is 11.4 Å². The molecular formula is C33H35N3O4S. The average molecular weight is 570 g/mol. The number of carbonyl (C=O) groups is 1. The standard InChI is InChI=1S/C33H35N3O4S/c1-3-20-40-28-15-13-26(14-16-28)31-29-30(25-11-9-23(2)10-12-25)34-36(27-18-21-41(38,39)22-27)32(29)33(37)35(31)19-17-24-7-5-4-6-8-24/h4-16,27,31H,3,17-22H2,1-2H3/t27-,31+/m1/s1. The lowest BCUT2D eigenvalue weighted by atomic mass is 9.95. The molecule has 2 aliphatic heterocycles. The Morgan fingerprint density at radius 3 is 2.37 bits per heavy atom. The lowest BCUT2D eigenvalue weighted by molar-refractivity contribution is 0.0738. The summed E-state index contributed by atoms with van der Waals surface area (Å²) in [5, 5.41) is 5.00. The molecule has 0 N–H and O–H groups in total. The molecule has 0 unspecified atom stereocenters. The molecule has 0 spiro atoms. The van der Waals surface area contributed by atoms with Crippen LogP contribution in [0.25, 0.3) is 11.3 Å². The van der Waals surface area contributed by atoms with E-state index < -0.39 is 9.84 Å². The van der Waals surface area contributed by atoms with Crippen molar-refractivity contribution in [1.82, 2.24) is 14.7 Å². The van der Waals surface area contributed by atoms with E-state index >= 15 is 0 Å². The average Bonchev–Trinajstić information content (AvgIpc) is 3.63. The predicted molar refractivity (Wildman–Crippen MR) is 160 cm³/mol. The number of nitrogens with zero attached hydrogens (tertiary/aromatic N) is 3. The first-order valence-corrected chi connectivity index (χ1v) is 16.1. The molecule has 7 nitrogen and oxygen atoms in total. The third-order valence-corrected chi connectivity index (χ3v) is 9.78. The van der Waals surface area contributed by atoms with Crippen LogP contribution in [-0.2, 0) is 16.3 Å². The van der Waals surface area contributed by atoms with Gasteiger partial charge in [-0.15, -0.1) is 0 Å². The fourth-order valence-electron chi connectivity index (χ4n) is 5.92. The van der Waals surface area contributed by atoms with Crippen molar-refractivity contribution in [1.29, 1.82) is 0 Å². The molecule has 4 aromatic rings. The van der Waals surface area contributed by atoms with Crippen molar-refractivity contribution in [2.45, 2.75) is 45.2 Å². The van der Waals surface area contributed by atoms with Crippen molar-refractivity contribution in [2.75, 3.05) is 24.7 Å². The van der Waals surface area contributed by atoms with Crippen LogP contribution in [0.1, 0.15) is 64.6 Å². The van der Waals surface area contributed by atoms with E-state index in [0.29, 0.717) is 31.7 Å². The number of fused-ring (bicyclic) bond motifs is 1. The summed E-state index contributed by atoms with van der Waals surface area (Å²) in [4.78, 5) is 16.3. The second-order valence-corrected chi connectivity index (χ2v) is 13.3. The number of aromatic nitrogens is 2. The van der Waals surface area contributed by atoms with Gasteiger partial charge in [0, 0.05) is 17.7 Å². The highest BCUT2D eigenvalue weighted by atomic mass is 32.2. The van der Waals surface area contributed by atoms with Gasteiger partial charge in [0.15, 0.2) is 9.84 Å². The quantitative estimate of drug-likeness (QED) is 0.255. The summed E-state index contributed by atoms with van der Waals surface area (Å²) in [7, 11) is -3.18. The van der Waals surface area contributed by atoms with Gasteiger partial charge in [-0.2, -0.15) is 5.10 Å². The Balaban J connectivity index is 1.49. The number of rotatable bonds is 9. The minimum Gasteiger partial charge on any atom is -0.494 e. The zero-order valence-corrected chi connectivity index (χ0v) is 24.3. The Hall–Kier alpha value is -3.91. The number of sulfone groups is 1. The molecule has 212 valence electrons. The van der Waals surface area contributed by atoms with Crippen molar-refractivity contribution in [3.63, 3.8) is 0 Å². The van der Waals surface area contributed by atoms with Crippen LogP contribution < -0.4 is 4.74 Å². The Morgan fingerprint density at radius 1 is 0.976 bits per heavy atom. The summed E-state index contributed by atoms with van der Waals surface area (Å²) >= 11 is 0. The zero-order valence-electron chi connectivity index (χ0n) is 23.5. The second-order valence-electron chi connectivity index (χ2n) is 11.0. The highest BCUT2D eigenvalue weighted by molar-refractivity contribution is 7.91. The molecule has 2 atom stereocenters. The van der Waals surface area contributed by atoms with Gasteiger partial charge >= 0.3 is 0 Å². The monoisotopic (exact) mass is 569 g/mol. The molecular weight excluding hydrogens is 534 g/mol. The predicted octanol–water partition coefficient (Wildman–Crippen LogP) is 5.79. The molecule has 41 heavy (non-hydrogen) atoms. The number of hydrogen-bond donors (Lipinski definition) is 0. The number of aryl methyl sites for hydroxylation is 1. The smallest absolute Gasteiger partial charge is 0.273 e. The number of amides is 1. The molecule has 0 aliphatic carbocycles. The van der Waals surface area contributed by atoms with Gasteiger partial charge in [0.2, 0.25) is 0 Å². The van der Waals surface area contributed by atoms with Gasteiger partial charge in [0.05, 0.1) is 35.9 Å². The van der Waals surface area contributed by atoms with E-state index in [0.717, 1.165) is 45.7 Å². The van der Waals surface area contributed by atoms with E-state index in [2.05, 4.69) is 19.1 Å². The van der Waals surface area contributed by atoms with E-state index in [-0.39, 0.29) is 29.5 Å². The number of ether oxygens (including phenoxy) is 1. The van der Waals surface area contributed by atoms with Gasteiger partial charge in [0.25, 0.3) is 5.91 Å². The van der Waals surface area contributed by atoms with Crippen LogP contribution in [0, 0.1) is 6.92 Å². The van der Waals surface area contributed by atoms with Crippen molar-refractivity contribution < 1.29 is 17.9 Å². The third kappa shape index (κ3) is 5.40. The maximum Gasteiger partial charge on any atom is 0.273 e. The van der Waals surface area contributed by atoms with Gasteiger partial charge < -0.3 is 9.64 Å². The lowest BCUT2D eigenvalue weighted by Gasteiger charge is -2.27. The first kappa shape index (κ1) is 27.3. The molecule has 0 saturated carbocycles. The van der Waals surface area contributed by atoms with Gasteiger partial charge in [-0.3, -0.25) is 9.48 Å². The largest absolute Gasteiger partial charge is 0.494 e. The van der Waals surface area contributed by atoms with Gasteiger partial charge in [-0.25, -0.2) is 8.42 Å². The van der Waals surface area contributed by atoms with Crippen LogP contribution in [0.3, 0.4) is 0 Å². The Kier molecular flexibility index (Phi) is 7.43. The van der Waals surface area contributed by atoms with E-state index in [9.17, 15) is 13.2 Å². The zero-order chi connectivity index (χ0) is 28.6. The van der Waals surface area contributed by atoms with Crippen molar-refractivity contribution >= 4 is 15.7 Å². The third-order valence-electron chi connectivity index (χ3n) is 8.03. The Labute approximate surface area is 241 Å². The lowest BCUT2D eigenvalue weighted by Crippen LogP contribution is -2.32. The number of carbonyl (C=O) groups excluding carboxylic acids is 1. The summed E-state index contributed by atoms with van der Waals surface area (Å²) in [6.45, 7) is 5.27. The van der Waals surface area contributed by atoms with Crippen molar-refractivity contribution in [3.05, 3.63) is 107 Å². The minimum atomic E-state index is -3.18. The van der Waals surface area contributed by atoms with Crippen LogP contribution in [0.15, 0.2) is 78.9 Å². The van der Waals surface area contributed by atoms with Gasteiger partial charge in [-0.1, -0.05) is 79.2 Å². The summed E-state index contributed by atoms with van der Waals surface area (Å²) in [5.41, 5.74) is 6.26. The van der Waals surface area contributed by atoms with Gasteiger partial charge in [-0.05, 0) is 49.4 Å². The fourth-order valence-corrected chi connectivity index (χ4v) is 7.62. The topological polar surface area (TPSA) is 81.5 Å². The first-order chi connectivity index (χ1) is 19.8. The summed E-state index contributed by atoms with van der Waals surface area (Å²) in [6, 6.07) is 25.6. The van der Waals surface area contributed by atoms with Crippen LogP contribution in [0.4, 0.5) is 0 Å². The molecule has 1 amide bonds. The molecule has 1 fully saturated rings. The highest BCUT2D eigenvalue weighted by Gasteiger charge is 2.46. The molecule has 0 radical (unpaired) electrons.